The maximum Gasteiger partial charge on any atom is 0.244 e. The van der Waals surface area contributed by atoms with Crippen LogP contribution < -0.4 is 14.9 Å². The SMILES string of the molecule is CCOc1cc(C=NNC(=O)Cc2cccc3ccccc23)cc(Br)c1OCc1ccc(Br)cc1. The zero-order chi connectivity index (χ0) is 24.6. The minimum absolute atomic E-state index is 0.184. The molecule has 1 amide bonds. The number of ether oxygens (including phenoxy) is 2. The van der Waals surface area contributed by atoms with Crippen LogP contribution in [0.1, 0.15) is 23.6 Å². The van der Waals surface area contributed by atoms with Gasteiger partial charge in [-0.3, -0.25) is 4.79 Å². The number of halogens is 2. The Morgan fingerprint density at radius 1 is 0.971 bits per heavy atom. The third-order valence-electron chi connectivity index (χ3n) is 5.26. The average Bonchev–Trinajstić information content (AvgIpc) is 2.85. The van der Waals surface area contributed by atoms with Gasteiger partial charge in [0.05, 0.1) is 23.7 Å². The standard InChI is InChI=1S/C28H24Br2N2O3/c1-2-34-26-15-20(14-25(30)28(26)35-18-19-10-12-23(29)13-11-19)17-31-32-27(33)16-22-8-5-7-21-6-3-4-9-24(21)22/h3-15,17H,2,16,18H2,1H3,(H,32,33). The van der Waals surface area contributed by atoms with Crippen LogP contribution >= 0.6 is 31.9 Å². The number of carbonyl (C=O) groups is 1. The van der Waals surface area contributed by atoms with Crippen molar-refractivity contribution in [1.29, 1.82) is 0 Å². The van der Waals surface area contributed by atoms with Gasteiger partial charge >= 0.3 is 0 Å². The number of nitrogens with zero attached hydrogens (tertiary/aromatic N) is 1. The van der Waals surface area contributed by atoms with Crippen molar-refractivity contribution in [2.24, 2.45) is 5.10 Å². The molecule has 0 bridgehead atoms. The molecule has 0 aromatic heterocycles. The topological polar surface area (TPSA) is 59.9 Å². The first-order valence-electron chi connectivity index (χ1n) is 11.2. The molecular formula is C28H24Br2N2O3. The molecule has 0 atom stereocenters. The van der Waals surface area contributed by atoms with E-state index in [-0.39, 0.29) is 12.3 Å². The molecule has 0 heterocycles. The molecule has 5 nitrogen and oxygen atoms in total. The molecule has 4 aromatic rings. The number of rotatable bonds is 9. The number of fused-ring (bicyclic) bond motifs is 1. The quantitative estimate of drug-likeness (QED) is 0.167. The Bertz CT molecular complexity index is 1350. The molecule has 4 rings (SSSR count). The molecule has 35 heavy (non-hydrogen) atoms. The van der Waals surface area contributed by atoms with E-state index in [2.05, 4.69) is 42.4 Å². The van der Waals surface area contributed by atoms with E-state index in [1.165, 1.54) is 0 Å². The van der Waals surface area contributed by atoms with Gasteiger partial charge in [0.15, 0.2) is 11.5 Å². The van der Waals surface area contributed by atoms with Crippen molar-refractivity contribution in [1.82, 2.24) is 5.43 Å². The first-order chi connectivity index (χ1) is 17.0. The summed E-state index contributed by atoms with van der Waals surface area (Å²) in [5, 5.41) is 6.32. The molecule has 0 spiro atoms. The van der Waals surface area contributed by atoms with Gasteiger partial charge in [0.25, 0.3) is 0 Å². The van der Waals surface area contributed by atoms with Gasteiger partial charge in [-0.1, -0.05) is 70.5 Å². The first-order valence-corrected chi connectivity index (χ1v) is 12.7. The highest BCUT2D eigenvalue weighted by atomic mass is 79.9. The van der Waals surface area contributed by atoms with Crippen molar-refractivity contribution in [3.63, 3.8) is 0 Å². The number of benzene rings is 4. The lowest BCUT2D eigenvalue weighted by atomic mass is 10.0. The number of hydrogen-bond acceptors (Lipinski definition) is 4. The van der Waals surface area contributed by atoms with E-state index in [4.69, 9.17) is 9.47 Å². The molecule has 1 N–H and O–H groups in total. The molecule has 0 saturated carbocycles. The molecule has 178 valence electrons. The fourth-order valence-corrected chi connectivity index (χ4v) is 4.48. The second-order valence-corrected chi connectivity index (χ2v) is 9.56. The van der Waals surface area contributed by atoms with E-state index in [1.807, 2.05) is 85.8 Å². The minimum atomic E-state index is -0.184. The van der Waals surface area contributed by atoms with Gasteiger partial charge in [-0.25, -0.2) is 5.43 Å². The summed E-state index contributed by atoms with van der Waals surface area (Å²) in [6, 6.07) is 25.6. The fraction of sp³-hybridized carbons (Fsp3) is 0.143. The van der Waals surface area contributed by atoms with Gasteiger partial charge in [-0.2, -0.15) is 5.10 Å². The second kappa shape index (κ2) is 12.0. The highest BCUT2D eigenvalue weighted by Gasteiger charge is 2.13. The van der Waals surface area contributed by atoms with E-state index in [0.29, 0.717) is 24.7 Å². The van der Waals surface area contributed by atoms with Crippen LogP contribution in [0.5, 0.6) is 11.5 Å². The number of hydrazone groups is 1. The molecule has 4 aromatic carbocycles. The molecule has 0 aliphatic carbocycles. The van der Waals surface area contributed by atoms with Gasteiger partial charge in [0.1, 0.15) is 6.61 Å². The Balaban J connectivity index is 1.42. The van der Waals surface area contributed by atoms with Crippen LogP contribution in [0.15, 0.2) is 92.9 Å². The first kappa shape index (κ1) is 24.9. The fourth-order valence-electron chi connectivity index (χ4n) is 3.64. The largest absolute Gasteiger partial charge is 0.490 e. The van der Waals surface area contributed by atoms with E-state index >= 15 is 0 Å². The molecule has 0 saturated heterocycles. The van der Waals surface area contributed by atoms with Crippen LogP contribution in [0.4, 0.5) is 0 Å². The van der Waals surface area contributed by atoms with Crippen molar-refractivity contribution in [2.75, 3.05) is 6.61 Å². The summed E-state index contributed by atoms with van der Waals surface area (Å²) < 4.78 is 13.6. The zero-order valence-electron chi connectivity index (χ0n) is 19.1. The summed E-state index contributed by atoms with van der Waals surface area (Å²) >= 11 is 7.02. The van der Waals surface area contributed by atoms with Gasteiger partial charge in [0, 0.05) is 4.47 Å². The number of amides is 1. The number of carbonyl (C=O) groups excluding carboxylic acids is 1. The van der Waals surface area contributed by atoms with E-state index in [9.17, 15) is 4.79 Å². The highest BCUT2D eigenvalue weighted by Crippen LogP contribution is 2.37. The summed E-state index contributed by atoms with van der Waals surface area (Å²) in [4.78, 5) is 12.5. The molecule has 0 radical (unpaired) electrons. The Labute approximate surface area is 221 Å². The molecule has 0 unspecified atom stereocenters. The lowest BCUT2D eigenvalue weighted by molar-refractivity contribution is -0.120. The van der Waals surface area contributed by atoms with Crippen molar-refractivity contribution in [3.8, 4) is 11.5 Å². The van der Waals surface area contributed by atoms with Crippen molar-refractivity contribution >= 4 is 54.8 Å². The maximum atomic E-state index is 12.5. The number of nitrogens with one attached hydrogen (secondary N) is 1. The summed E-state index contributed by atoms with van der Waals surface area (Å²) in [6.45, 7) is 2.81. The predicted octanol–water partition coefficient (Wildman–Crippen LogP) is 7.04. The maximum absolute atomic E-state index is 12.5. The van der Waals surface area contributed by atoms with Crippen molar-refractivity contribution in [2.45, 2.75) is 20.0 Å². The predicted molar refractivity (Wildman–Crippen MR) is 147 cm³/mol. The monoisotopic (exact) mass is 594 g/mol. The number of hydrogen-bond donors (Lipinski definition) is 1. The highest BCUT2D eigenvalue weighted by molar-refractivity contribution is 9.10. The van der Waals surface area contributed by atoms with E-state index in [1.54, 1.807) is 6.21 Å². The lowest BCUT2D eigenvalue weighted by Gasteiger charge is -2.14. The lowest BCUT2D eigenvalue weighted by Crippen LogP contribution is -2.19. The van der Waals surface area contributed by atoms with Gasteiger partial charge in [-0.15, -0.1) is 0 Å². The molecule has 7 heteroatoms. The Morgan fingerprint density at radius 3 is 2.54 bits per heavy atom. The van der Waals surface area contributed by atoms with Crippen LogP contribution in [0.25, 0.3) is 10.8 Å². The van der Waals surface area contributed by atoms with Crippen molar-refractivity contribution < 1.29 is 14.3 Å². The Hall–Kier alpha value is -3.16. The molecule has 0 fully saturated rings. The van der Waals surface area contributed by atoms with E-state index < -0.39 is 0 Å². The molecule has 0 aliphatic rings. The summed E-state index contributed by atoms with van der Waals surface area (Å²) in [7, 11) is 0. The molecular weight excluding hydrogens is 572 g/mol. The summed E-state index contributed by atoms with van der Waals surface area (Å²) in [5.74, 6) is 1.03. The van der Waals surface area contributed by atoms with Gasteiger partial charge < -0.3 is 9.47 Å². The summed E-state index contributed by atoms with van der Waals surface area (Å²) in [5.41, 5.74) is 5.39. The second-order valence-electron chi connectivity index (χ2n) is 7.79. The van der Waals surface area contributed by atoms with Crippen LogP contribution in [0.2, 0.25) is 0 Å². The smallest absolute Gasteiger partial charge is 0.244 e. The van der Waals surface area contributed by atoms with Crippen LogP contribution in [-0.2, 0) is 17.8 Å². The zero-order valence-corrected chi connectivity index (χ0v) is 22.3. The van der Waals surface area contributed by atoms with E-state index in [0.717, 1.165) is 36.4 Å². The Kier molecular flexibility index (Phi) is 8.55. The average molecular weight is 596 g/mol. The normalized spacial score (nSPS) is 11.1. The van der Waals surface area contributed by atoms with Crippen LogP contribution in [-0.4, -0.2) is 18.7 Å². The third-order valence-corrected chi connectivity index (χ3v) is 6.38. The summed E-state index contributed by atoms with van der Waals surface area (Å²) in [6.07, 6.45) is 1.84. The van der Waals surface area contributed by atoms with Gasteiger partial charge in [0.2, 0.25) is 5.91 Å². The van der Waals surface area contributed by atoms with Crippen molar-refractivity contribution in [3.05, 3.63) is 104 Å². The van der Waals surface area contributed by atoms with Crippen LogP contribution in [0.3, 0.4) is 0 Å². The molecule has 0 aliphatic heterocycles. The minimum Gasteiger partial charge on any atom is -0.490 e. The Morgan fingerprint density at radius 2 is 1.74 bits per heavy atom. The van der Waals surface area contributed by atoms with Gasteiger partial charge in [-0.05, 0) is 74.6 Å². The third kappa shape index (κ3) is 6.71. The van der Waals surface area contributed by atoms with Crippen LogP contribution in [0, 0.1) is 0 Å².